The van der Waals surface area contributed by atoms with Crippen molar-refractivity contribution in [1.29, 1.82) is 0 Å². The van der Waals surface area contributed by atoms with Crippen LogP contribution in [0.2, 0.25) is 0 Å². The Morgan fingerprint density at radius 3 is 2.67 bits per heavy atom. The van der Waals surface area contributed by atoms with E-state index in [1.54, 1.807) is 0 Å². The van der Waals surface area contributed by atoms with Crippen molar-refractivity contribution in [3.8, 4) is 0 Å². The molecule has 0 N–H and O–H groups in total. The van der Waals surface area contributed by atoms with Crippen molar-refractivity contribution in [1.82, 2.24) is 0 Å². The second-order valence-corrected chi connectivity index (χ2v) is 4.08. The van der Waals surface area contributed by atoms with Gasteiger partial charge in [0, 0.05) is 0 Å². The van der Waals surface area contributed by atoms with Gasteiger partial charge in [-0.1, -0.05) is 0 Å². The molecular weight excluding hydrogens is 256 g/mol. The van der Waals surface area contributed by atoms with Gasteiger partial charge in [-0.15, -0.1) is 0 Å². The second-order valence-electron chi connectivity index (χ2n) is 0.942. The molecule has 0 saturated carbocycles. The summed E-state index contributed by atoms with van der Waals surface area (Å²) < 4.78 is 5.77. The van der Waals surface area contributed by atoms with E-state index in [0.29, 0.717) is 0 Å². The number of hydrogen-bond acceptors (Lipinski definition) is 0. The van der Waals surface area contributed by atoms with E-state index < -0.39 is 0 Å². The van der Waals surface area contributed by atoms with Crippen LogP contribution in [0.25, 0.3) is 0 Å². The molecule has 0 aliphatic carbocycles. The summed E-state index contributed by atoms with van der Waals surface area (Å²) in [5, 5.41) is 0. The molecule has 32 valence electrons. The molecule has 0 unspecified atom stereocenters. The molecule has 0 aliphatic rings. The Bertz CT molecular complexity index is 111. The van der Waals surface area contributed by atoms with Crippen molar-refractivity contribution >= 4 is 36.4 Å². The third kappa shape index (κ3) is 1.11. The molecule has 0 radical (unpaired) electrons. The zero-order chi connectivity index (χ0) is 4.41. The Kier molecular flexibility index (Phi) is 1.76. The van der Waals surface area contributed by atoms with Gasteiger partial charge >= 0.3 is 55.1 Å². The van der Waals surface area contributed by atoms with Gasteiger partial charge in [0.15, 0.2) is 0 Å². The van der Waals surface area contributed by atoms with E-state index in [9.17, 15) is 0 Å². The van der Waals surface area contributed by atoms with Crippen molar-refractivity contribution in [2.45, 2.75) is 0 Å². The first kappa shape index (κ1) is 4.90. The van der Waals surface area contributed by atoms with Crippen LogP contribution in [0, 0.1) is 0 Å². The summed E-state index contributed by atoms with van der Waals surface area (Å²) in [6.45, 7) is 0. The fraction of sp³-hybridized carbons (Fsp3) is 0. The Morgan fingerprint density at radius 2 is 2.50 bits per heavy atom. The van der Waals surface area contributed by atoms with Crippen LogP contribution < -0.4 is 0 Å². The average Bonchev–Trinajstić information content (AvgIpc) is 1.86. The molecule has 1 rings (SSSR count). The van der Waals surface area contributed by atoms with Gasteiger partial charge in [0.1, 0.15) is 0 Å². The predicted molar refractivity (Wildman–Crippen MR) is 31.1 cm³/mol. The summed E-state index contributed by atoms with van der Waals surface area (Å²) >= 11 is 3.51. The van der Waals surface area contributed by atoms with E-state index in [2.05, 4.69) is 30.2 Å². The topological polar surface area (TPSA) is 0 Å². The van der Waals surface area contributed by atoms with Crippen LogP contribution in [-0.2, 0) is 0 Å². The van der Waals surface area contributed by atoms with Crippen molar-refractivity contribution in [2.75, 3.05) is 0 Å². The van der Waals surface area contributed by atoms with Crippen LogP contribution in [0.15, 0.2) is 18.7 Å². The standard InChI is InChI=1S/C4H3BrTe/c5-4-1-2-6-3-4/h1-3H. The van der Waals surface area contributed by atoms with Crippen LogP contribution in [0.3, 0.4) is 0 Å². The van der Waals surface area contributed by atoms with Gasteiger partial charge in [0.25, 0.3) is 0 Å². The molecular formula is C4H3BrTe. The number of rotatable bonds is 0. The van der Waals surface area contributed by atoms with Gasteiger partial charge in [-0.25, -0.2) is 0 Å². The van der Waals surface area contributed by atoms with Gasteiger partial charge < -0.3 is 0 Å². The summed E-state index contributed by atoms with van der Waals surface area (Å²) in [5.41, 5.74) is 0. The number of hydrogen-bond donors (Lipinski definition) is 0. The van der Waals surface area contributed by atoms with Crippen LogP contribution in [-0.4, -0.2) is 20.4 Å². The van der Waals surface area contributed by atoms with Crippen LogP contribution in [0.5, 0.6) is 0 Å². The molecule has 0 amide bonds. The predicted octanol–water partition coefficient (Wildman–Crippen LogP) is 1.51. The van der Waals surface area contributed by atoms with Gasteiger partial charge in [-0.3, -0.25) is 0 Å². The zero-order valence-electron chi connectivity index (χ0n) is 3.02. The Morgan fingerprint density at radius 1 is 1.67 bits per heavy atom. The maximum absolute atomic E-state index is 3.34. The first-order chi connectivity index (χ1) is 2.89. The van der Waals surface area contributed by atoms with E-state index in [0.717, 1.165) is 0 Å². The minimum atomic E-state index is 0.170. The molecule has 1 aromatic rings. The number of halogens is 1. The van der Waals surface area contributed by atoms with Gasteiger partial charge in [-0.2, -0.15) is 0 Å². The summed E-state index contributed by atoms with van der Waals surface area (Å²) in [6, 6.07) is 2.11. The molecule has 1 aromatic heterocycles. The Hall–Kier alpha value is 0.750. The third-order valence-corrected chi connectivity index (χ3v) is 3.87. The summed E-state index contributed by atoms with van der Waals surface area (Å²) in [5.74, 6) is 0. The molecule has 0 saturated heterocycles. The molecule has 0 aromatic carbocycles. The first-order valence-electron chi connectivity index (χ1n) is 1.57. The van der Waals surface area contributed by atoms with Crippen molar-refractivity contribution in [3.63, 3.8) is 0 Å². The van der Waals surface area contributed by atoms with E-state index >= 15 is 0 Å². The molecule has 1 heterocycles. The van der Waals surface area contributed by atoms with E-state index in [1.807, 2.05) is 0 Å². The maximum atomic E-state index is 3.34. The second kappa shape index (κ2) is 2.16. The SMILES string of the molecule is Brc1cc[te]c1. The van der Waals surface area contributed by atoms with Crippen molar-refractivity contribution < 1.29 is 0 Å². The van der Waals surface area contributed by atoms with Crippen LogP contribution in [0.1, 0.15) is 0 Å². The molecule has 6 heavy (non-hydrogen) atoms. The molecule has 0 aliphatic heterocycles. The van der Waals surface area contributed by atoms with E-state index in [-0.39, 0.29) is 20.4 Å². The van der Waals surface area contributed by atoms with Gasteiger partial charge in [-0.05, 0) is 0 Å². The molecule has 2 heteroatoms. The third-order valence-electron chi connectivity index (χ3n) is 0.486. The quantitative estimate of drug-likeness (QED) is 0.619. The van der Waals surface area contributed by atoms with Gasteiger partial charge in [0.05, 0.1) is 0 Å². The molecule has 0 spiro atoms. The molecule has 0 atom stereocenters. The summed E-state index contributed by atoms with van der Waals surface area (Å²) in [4.78, 5) is 0. The first-order valence-corrected chi connectivity index (χ1v) is 5.05. The summed E-state index contributed by atoms with van der Waals surface area (Å²) in [6.07, 6.45) is 0. The van der Waals surface area contributed by atoms with Crippen molar-refractivity contribution in [3.05, 3.63) is 18.7 Å². The fourth-order valence-electron chi connectivity index (χ4n) is 0.248. The molecule has 0 fully saturated rings. The monoisotopic (exact) mass is 260 g/mol. The molecule has 0 bridgehead atoms. The van der Waals surface area contributed by atoms with Crippen molar-refractivity contribution in [2.24, 2.45) is 0 Å². The van der Waals surface area contributed by atoms with E-state index in [4.69, 9.17) is 0 Å². The van der Waals surface area contributed by atoms with Gasteiger partial charge in [0.2, 0.25) is 0 Å². The van der Waals surface area contributed by atoms with Crippen LogP contribution in [0.4, 0.5) is 0 Å². The normalized spacial score (nSPS) is 8.83. The van der Waals surface area contributed by atoms with Crippen LogP contribution >= 0.6 is 15.9 Å². The fourth-order valence-corrected chi connectivity index (χ4v) is 3.11. The Labute approximate surface area is 54.9 Å². The minimum absolute atomic E-state index is 0.170. The molecule has 0 nitrogen and oxygen atoms in total. The Balaban J connectivity index is 3.05. The van der Waals surface area contributed by atoms with E-state index in [1.165, 1.54) is 4.47 Å². The summed E-state index contributed by atoms with van der Waals surface area (Å²) in [7, 11) is 0. The average molecular weight is 259 g/mol. The zero-order valence-corrected chi connectivity index (χ0v) is 6.93.